The van der Waals surface area contributed by atoms with E-state index in [0.29, 0.717) is 19.0 Å². The molecule has 2 rings (SSSR count). The zero-order valence-corrected chi connectivity index (χ0v) is 17.3. The summed E-state index contributed by atoms with van der Waals surface area (Å²) in [4.78, 5) is 16.3. The predicted octanol–water partition coefficient (Wildman–Crippen LogP) is 2.97. The molecule has 0 saturated carbocycles. The summed E-state index contributed by atoms with van der Waals surface area (Å²) in [5, 5.41) is 8.57. The molecule has 0 aliphatic rings. The number of alkyl halides is 3. The van der Waals surface area contributed by atoms with Crippen molar-refractivity contribution in [3.63, 3.8) is 0 Å². The Bertz CT molecular complexity index is 871. The Morgan fingerprint density at radius 1 is 1.03 bits per heavy atom. The highest BCUT2D eigenvalue weighted by Gasteiger charge is 2.31. The molecule has 0 aliphatic heterocycles. The van der Waals surface area contributed by atoms with Crippen LogP contribution in [0.2, 0.25) is 0 Å². The van der Waals surface area contributed by atoms with Crippen molar-refractivity contribution in [2.75, 3.05) is 20.2 Å². The minimum atomic E-state index is -4.79. The first-order valence-corrected chi connectivity index (χ1v) is 9.56. The minimum Gasteiger partial charge on any atom is -0.497 e. The van der Waals surface area contributed by atoms with E-state index in [2.05, 4.69) is 25.7 Å². The van der Waals surface area contributed by atoms with Crippen molar-refractivity contribution < 1.29 is 27.4 Å². The third-order valence-electron chi connectivity index (χ3n) is 4.02. The molecular weight excluding hydrogens is 413 g/mol. The van der Waals surface area contributed by atoms with Crippen molar-refractivity contribution in [1.82, 2.24) is 16.0 Å². The van der Waals surface area contributed by atoms with Gasteiger partial charge < -0.3 is 25.4 Å². The SMILES string of the molecule is CCNC(=NCc1ccccc1OC(F)(F)F)NCC(=O)NCc1ccc(OC)cc1. The summed E-state index contributed by atoms with van der Waals surface area (Å²) < 4.78 is 46.8. The van der Waals surface area contributed by atoms with Crippen LogP contribution in [0.15, 0.2) is 53.5 Å². The van der Waals surface area contributed by atoms with Crippen LogP contribution in [0.4, 0.5) is 13.2 Å². The first-order chi connectivity index (χ1) is 14.8. The van der Waals surface area contributed by atoms with Crippen LogP contribution in [-0.2, 0) is 17.9 Å². The quantitative estimate of drug-likeness (QED) is 0.414. The molecule has 0 fully saturated rings. The summed E-state index contributed by atoms with van der Waals surface area (Å²) in [5.41, 5.74) is 1.18. The average molecular weight is 438 g/mol. The standard InChI is InChI=1S/C21H25F3N4O3/c1-3-25-20(27-13-16-6-4-5-7-18(16)31-21(22,23)24)28-14-19(29)26-12-15-8-10-17(30-2)11-9-15/h4-11H,3,12-14H2,1-2H3,(H,26,29)(H2,25,27,28). The molecular formula is C21H25F3N4O3. The number of hydrogen-bond acceptors (Lipinski definition) is 4. The topological polar surface area (TPSA) is 84.0 Å². The van der Waals surface area contributed by atoms with Gasteiger partial charge in [-0.2, -0.15) is 0 Å². The predicted molar refractivity (Wildman–Crippen MR) is 111 cm³/mol. The second-order valence-corrected chi connectivity index (χ2v) is 6.33. The van der Waals surface area contributed by atoms with Crippen LogP contribution in [0.25, 0.3) is 0 Å². The summed E-state index contributed by atoms with van der Waals surface area (Å²) in [5.74, 6) is 0.448. The number of aliphatic imine (C=N–C) groups is 1. The van der Waals surface area contributed by atoms with Gasteiger partial charge >= 0.3 is 6.36 Å². The van der Waals surface area contributed by atoms with Crippen LogP contribution >= 0.6 is 0 Å². The Kier molecular flexibility index (Phi) is 8.98. The molecule has 0 spiro atoms. The number of amides is 1. The summed E-state index contributed by atoms with van der Waals surface area (Å²) in [7, 11) is 1.58. The maximum absolute atomic E-state index is 12.6. The Balaban J connectivity index is 1.90. The van der Waals surface area contributed by atoms with Gasteiger partial charge in [0.1, 0.15) is 11.5 Å². The van der Waals surface area contributed by atoms with E-state index in [4.69, 9.17) is 4.74 Å². The number of guanidine groups is 1. The maximum Gasteiger partial charge on any atom is 0.573 e. The molecule has 3 N–H and O–H groups in total. The van der Waals surface area contributed by atoms with Crippen molar-refractivity contribution >= 4 is 11.9 Å². The highest BCUT2D eigenvalue weighted by atomic mass is 19.4. The van der Waals surface area contributed by atoms with E-state index >= 15 is 0 Å². The van der Waals surface area contributed by atoms with Crippen LogP contribution in [-0.4, -0.2) is 38.4 Å². The Hall–Kier alpha value is -3.43. The average Bonchev–Trinajstić information content (AvgIpc) is 2.74. The Morgan fingerprint density at radius 3 is 2.39 bits per heavy atom. The number of rotatable bonds is 9. The van der Waals surface area contributed by atoms with E-state index in [1.165, 1.54) is 18.2 Å². The second kappa shape index (κ2) is 11.7. The van der Waals surface area contributed by atoms with E-state index < -0.39 is 6.36 Å². The summed E-state index contributed by atoms with van der Waals surface area (Å²) in [6, 6.07) is 13.1. The van der Waals surface area contributed by atoms with Crippen LogP contribution in [0.3, 0.4) is 0 Å². The fourth-order valence-corrected chi connectivity index (χ4v) is 2.54. The van der Waals surface area contributed by atoms with Crippen LogP contribution in [0, 0.1) is 0 Å². The minimum absolute atomic E-state index is 0.0529. The molecule has 2 aromatic carbocycles. The molecule has 0 heterocycles. The number of ether oxygens (including phenoxy) is 2. The number of carbonyl (C=O) groups excluding carboxylic acids is 1. The molecule has 0 radical (unpaired) electrons. The molecule has 10 heteroatoms. The van der Waals surface area contributed by atoms with Crippen LogP contribution < -0.4 is 25.4 Å². The molecule has 0 aromatic heterocycles. The molecule has 0 atom stereocenters. The number of methoxy groups -OCH3 is 1. The van der Waals surface area contributed by atoms with Gasteiger partial charge in [-0.15, -0.1) is 13.2 Å². The molecule has 168 valence electrons. The maximum atomic E-state index is 12.6. The lowest BCUT2D eigenvalue weighted by Gasteiger charge is -2.14. The number of nitrogens with zero attached hydrogens (tertiary/aromatic N) is 1. The fourth-order valence-electron chi connectivity index (χ4n) is 2.54. The lowest BCUT2D eigenvalue weighted by atomic mass is 10.2. The van der Waals surface area contributed by atoms with E-state index in [-0.39, 0.29) is 30.3 Å². The highest BCUT2D eigenvalue weighted by molar-refractivity contribution is 5.86. The van der Waals surface area contributed by atoms with Crippen molar-refractivity contribution in [3.05, 3.63) is 59.7 Å². The number of halogens is 3. The van der Waals surface area contributed by atoms with Gasteiger partial charge in [-0.1, -0.05) is 30.3 Å². The highest BCUT2D eigenvalue weighted by Crippen LogP contribution is 2.26. The number of carbonyl (C=O) groups is 1. The number of benzene rings is 2. The van der Waals surface area contributed by atoms with Crippen molar-refractivity contribution in [1.29, 1.82) is 0 Å². The zero-order valence-electron chi connectivity index (χ0n) is 17.3. The summed E-state index contributed by atoms with van der Waals surface area (Å²) >= 11 is 0. The third-order valence-corrected chi connectivity index (χ3v) is 4.02. The number of hydrogen-bond donors (Lipinski definition) is 3. The first kappa shape index (κ1) is 23.8. The van der Waals surface area contributed by atoms with E-state index in [0.717, 1.165) is 11.3 Å². The van der Waals surface area contributed by atoms with Gasteiger partial charge in [0, 0.05) is 18.7 Å². The van der Waals surface area contributed by atoms with E-state index in [1.807, 2.05) is 19.1 Å². The lowest BCUT2D eigenvalue weighted by Crippen LogP contribution is -2.43. The summed E-state index contributed by atoms with van der Waals surface area (Å²) in [6.07, 6.45) is -4.79. The van der Waals surface area contributed by atoms with Gasteiger partial charge in [0.2, 0.25) is 5.91 Å². The molecule has 0 unspecified atom stereocenters. The van der Waals surface area contributed by atoms with Gasteiger partial charge in [0.05, 0.1) is 20.2 Å². The van der Waals surface area contributed by atoms with Gasteiger partial charge in [-0.25, -0.2) is 4.99 Å². The van der Waals surface area contributed by atoms with Gasteiger partial charge in [-0.3, -0.25) is 4.79 Å². The van der Waals surface area contributed by atoms with Crippen LogP contribution in [0.5, 0.6) is 11.5 Å². The van der Waals surface area contributed by atoms with Gasteiger partial charge in [0.15, 0.2) is 5.96 Å². The third kappa shape index (κ3) is 8.85. The second-order valence-electron chi connectivity index (χ2n) is 6.33. The van der Waals surface area contributed by atoms with Crippen molar-refractivity contribution in [2.24, 2.45) is 4.99 Å². The number of nitrogens with one attached hydrogen (secondary N) is 3. The lowest BCUT2D eigenvalue weighted by molar-refractivity contribution is -0.274. The molecule has 0 aliphatic carbocycles. The molecule has 31 heavy (non-hydrogen) atoms. The largest absolute Gasteiger partial charge is 0.573 e. The van der Waals surface area contributed by atoms with E-state index in [1.54, 1.807) is 25.3 Å². The van der Waals surface area contributed by atoms with Crippen LogP contribution in [0.1, 0.15) is 18.1 Å². The van der Waals surface area contributed by atoms with Gasteiger partial charge in [0.25, 0.3) is 0 Å². The molecule has 2 aromatic rings. The van der Waals surface area contributed by atoms with Crippen molar-refractivity contribution in [3.8, 4) is 11.5 Å². The molecule has 1 amide bonds. The fraction of sp³-hybridized carbons (Fsp3) is 0.333. The molecule has 0 bridgehead atoms. The zero-order chi connectivity index (χ0) is 22.7. The summed E-state index contributed by atoms with van der Waals surface area (Å²) in [6.45, 7) is 2.58. The Labute approximate surface area is 178 Å². The first-order valence-electron chi connectivity index (χ1n) is 9.56. The number of para-hydroxylation sites is 1. The molecule has 0 saturated heterocycles. The van der Waals surface area contributed by atoms with Gasteiger partial charge in [-0.05, 0) is 30.7 Å². The monoisotopic (exact) mass is 438 g/mol. The van der Waals surface area contributed by atoms with Crippen molar-refractivity contribution in [2.45, 2.75) is 26.4 Å². The smallest absolute Gasteiger partial charge is 0.497 e. The normalized spacial score (nSPS) is 11.6. The molecule has 7 nitrogen and oxygen atoms in total. The Morgan fingerprint density at radius 2 is 1.74 bits per heavy atom. The van der Waals surface area contributed by atoms with E-state index in [9.17, 15) is 18.0 Å².